The molecule has 4 heteroatoms. The van der Waals surface area contributed by atoms with E-state index in [0.29, 0.717) is 17.1 Å². The number of anilines is 1. The minimum Gasteiger partial charge on any atom is -0.451 e. The van der Waals surface area contributed by atoms with Gasteiger partial charge in [-0.2, -0.15) is 0 Å². The number of nitrogens with two attached hydrogens (primary N) is 1. The molecule has 2 aliphatic heterocycles. The Morgan fingerprint density at radius 1 is 1.40 bits per heavy atom. The van der Waals surface area contributed by atoms with Gasteiger partial charge in [-0.3, -0.25) is 0 Å². The molecule has 0 atom stereocenters. The Hall–Kier alpha value is -1.58. The van der Waals surface area contributed by atoms with Gasteiger partial charge in [-0.05, 0) is 0 Å². The predicted octanol–water partition coefficient (Wildman–Crippen LogP) is 0.757. The van der Waals surface area contributed by atoms with E-state index in [4.69, 9.17) is 10.2 Å². The van der Waals surface area contributed by atoms with Gasteiger partial charge in [-0.1, -0.05) is 0 Å². The highest BCUT2D eigenvalue weighted by Crippen LogP contribution is 2.22. The largest absolute Gasteiger partial charge is 0.451 e. The first-order valence-corrected chi connectivity index (χ1v) is 2.80. The number of nitrogens with zero attached hydrogens (tertiary/aromatic N) is 2. The fourth-order valence-corrected chi connectivity index (χ4v) is 0.814. The minimum atomic E-state index is 0.589. The molecule has 0 unspecified atom stereocenters. The Labute approximate surface area is 57.0 Å². The summed E-state index contributed by atoms with van der Waals surface area (Å²) in [7, 11) is 0. The van der Waals surface area contributed by atoms with Crippen molar-refractivity contribution in [1.29, 1.82) is 0 Å². The lowest BCUT2D eigenvalue weighted by atomic mass is 10.3. The molecule has 0 amide bonds. The zero-order valence-electron chi connectivity index (χ0n) is 5.11. The van der Waals surface area contributed by atoms with Crippen molar-refractivity contribution in [2.45, 2.75) is 0 Å². The number of rotatable bonds is 0. The van der Waals surface area contributed by atoms with E-state index < -0.39 is 0 Å². The quantitative estimate of drug-likeness (QED) is 0.579. The summed E-state index contributed by atoms with van der Waals surface area (Å²) in [5, 5.41) is 0. The molecule has 10 heavy (non-hydrogen) atoms. The molecule has 0 aromatic rings. The van der Waals surface area contributed by atoms with Gasteiger partial charge in [0.1, 0.15) is 17.7 Å². The van der Waals surface area contributed by atoms with Crippen molar-refractivity contribution in [2.75, 3.05) is 5.73 Å². The molecule has 0 radical (unpaired) electrons. The van der Waals surface area contributed by atoms with Gasteiger partial charge in [0.25, 0.3) is 0 Å². The molecule has 0 spiro atoms. The molecule has 0 saturated heterocycles. The highest BCUT2D eigenvalue weighted by atomic mass is 16.3. The van der Waals surface area contributed by atoms with E-state index in [1.807, 2.05) is 0 Å². The van der Waals surface area contributed by atoms with Crippen LogP contribution in [0.3, 0.4) is 0 Å². The Bertz CT molecular complexity index is 317. The fraction of sp³-hybridized carbons (Fsp3) is 0. The normalized spacial score (nSPS) is 10.4. The fourth-order valence-electron chi connectivity index (χ4n) is 0.814. The second-order valence-electron chi connectivity index (χ2n) is 1.94. The van der Waals surface area contributed by atoms with Crippen LogP contribution in [0.1, 0.15) is 0 Å². The first-order valence-electron chi connectivity index (χ1n) is 2.80. The molecule has 4 nitrogen and oxygen atoms in total. The highest BCUT2D eigenvalue weighted by molar-refractivity contribution is 5.70. The predicted molar refractivity (Wildman–Crippen MR) is 35.3 cm³/mol. The molecular formula is C6H5N3O. The highest BCUT2D eigenvalue weighted by Gasteiger charge is 2.08. The van der Waals surface area contributed by atoms with Crippen LogP contribution in [0.15, 0.2) is 23.3 Å². The van der Waals surface area contributed by atoms with E-state index in [-0.39, 0.29) is 0 Å². The van der Waals surface area contributed by atoms with Gasteiger partial charge in [0.15, 0.2) is 6.39 Å². The second-order valence-corrected chi connectivity index (χ2v) is 1.94. The van der Waals surface area contributed by atoms with Crippen LogP contribution in [0.4, 0.5) is 5.69 Å². The van der Waals surface area contributed by atoms with Crippen LogP contribution in [-0.2, 0) is 0 Å². The number of hydrogen-bond donors (Lipinski definition) is 1. The van der Waals surface area contributed by atoms with Gasteiger partial charge in [-0.25, -0.2) is 9.97 Å². The van der Waals surface area contributed by atoms with Crippen molar-refractivity contribution < 1.29 is 4.42 Å². The maximum Gasteiger partial charge on any atom is 0.181 e. The summed E-state index contributed by atoms with van der Waals surface area (Å²) in [4.78, 5) is 7.82. The van der Waals surface area contributed by atoms with Crippen LogP contribution in [0, 0.1) is 0 Å². The molecule has 2 heterocycles. The van der Waals surface area contributed by atoms with Gasteiger partial charge < -0.3 is 10.2 Å². The molecular weight excluding hydrogens is 130 g/mol. The van der Waals surface area contributed by atoms with Gasteiger partial charge in [0.05, 0.1) is 11.9 Å². The summed E-state index contributed by atoms with van der Waals surface area (Å²) in [5.74, 6) is 0. The second kappa shape index (κ2) is 1.70. The zero-order chi connectivity index (χ0) is 6.97. The van der Waals surface area contributed by atoms with E-state index in [9.17, 15) is 0 Å². The van der Waals surface area contributed by atoms with Crippen molar-refractivity contribution in [3.63, 3.8) is 0 Å². The first kappa shape index (κ1) is 5.22. The van der Waals surface area contributed by atoms with Crippen LogP contribution in [0.2, 0.25) is 0 Å². The van der Waals surface area contributed by atoms with Crippen LogP contribution in [0.25, 0.3) is 11.4 Å². The van der Waals surface area contributed by atoms with Crippen molar-refractivity contribution in [2.24, 2.45) is 0 Å². The third kappa shape index (κ3) is 0.556. The average molecular weight is 135 g/mol. The molecule has 0 saturated carbocycles. The van der Waals surface area contributed by atoms with E-state index >= 15 is 0 Å². The third-order valence-electron chi connectivity index (χ3n) is 1.28. The lowest BCUT2D eigenvalue weighted by molar-refractivity contribution is 0.528. The molecule has 2 aliphatic rings. The Kier molecular flexibility index (Phi) is 0.887. The van der Waals surface area contributed by atoms with Gasteiger partial charge in [0, 0.05) is 0 Å². The van der Waals surface area contributed by atoms with Crippen LogP contribution in [0.5, 0.6) is 0 Å². The summed E-state index contributed by atoms with van der Waals surface area (Å²) in [6.45, 7) is 0. The number of hydrogen-bond acceptors (Lipinski definition) is 4. The smallest absolute Gasteiger partial charge is 0.181 e. The average Bonchev–Trinajstić information content (AvgIpc) is 2.34. The number of fused-ring (bicyclic) bond motifs is 1. The van der Waals surface area contributed by atoms with E-state index in [2.05, 4.69) is 9.97 Å². The lowest BCUT2D eigenvalue weighted by Gasteiger charge is -1.92. The van der Waals surface area contributed by atoms with Gasteiger partial charge in [0.2, 0.25) is 0 Å². The molecule has 0 aromatic heterocycles. The molecule has 0 aliphatic carbocycles. The third-order valence-corrected chi connectivity index (χ3v) is 1.28. The zero-order valence-corrected chi connectivity index (χ0v) is 5.11. The topological polar surface area (TPSA) is 64.9 Å². The molecule has 0 aromatic carbocycles. The van der Waals surface area contributed by atoms with Crippen molar-refractivity contribution >= 4 is 5.69 Å². The van der Waals surface area contributed by atoms with E-state index in [1.165, 1.54) is 12.7 Å². The molecule has 0 bridgehead atoms. The van der Waals surface area contributed by atoms with Crippen molar-refractivity contribution in [1.82, 2.24) is 9.97 Å². The van der Waals surface area contributed by atoms with Gasteiger partial charge in [-0.15, -0.1) is 0 Å². The van der Waals surface area contributed by atoms with Crippen molar-refractivity contribution in [3.8, 4) is 11.4 Å². The lowest BCUT2D eigenvalue weighted by Crippen LogP contribution is -1.86. The molecule has 2 rings (SSSR count). The first-order chi connectivity index (χ1) is 4.88. The summed E-state index contributed by atoms with van der Waals surface area (Å²) in [5.41, 5.74) is 7.49. The molecule has 50 valence electrons. The Morgan fingerprint density at radius 2 is 2.30 bits per heavy atom. The number of aromatic nitrogens is 2. The van der Waals surface area contributed by atoms with Gasteiger partial charge >= 0.3 is 0 Å². The van der Waals surface area contributed by atoms with Crippen LogP contribution < -0.4 is 5.73 Å². The summed E-state index contributed by atoms with van der Waals surface area (Å²) in [6.07, 6.45) is 4.41. The summed E-state index contributed by atoms with van der Waals surface area (Å²) in [6, 6.07) is 0. The van der Waals surface area contributed by atoms with E-state index in [1.54, 1.807) is 6.20 Å². The number of nitrogen functional groups attached to an aromatic ring is 1. The van der Waals surface area contributed by atoms with Crippen LogP contribution in [-0.4, -0.2) is 9.97 Å². The van der Waals surface area contributed by atoms with Crippen molar-refractivity contribution in [3.05, 3.63) is 18.9 Å². The molecule has 0 fully saturated rings. The Morgan fingerprint density at radius 3 is 3.10 bits per heavy atom. The summed E-state index contributed by atoms with van der Waals surface area (Å²) < 4.78 is 4.77. The van der Waals surface area contributed by atoms with Crippen LogP contribution >= 0.6 is 0 Å². The Balaban J connectivity index is 2.78. The monoisotopic (exact) mass is 135 g/mol. The molecule has 2 N–H and O–H groups in total. The minimum absolute atomic E-state index is 0.589. The summed E-state index contributed by atoms with van der Waals surface area (Å²) >= 11 is 0. The maximum absolute atomic E-state index is 5.51. The van der Waals surface area contributed by atoms with E-state index in [0.717, 1.165) is 0 Å². The SMILES string of the molecule is Nc1cnc2cocnc1-2. The maximum atomic E-state index is 5.51. The standard InChI is InChI=1S/C6H5N3O/c7-4-1-8-5-2-10-3-9-6(4)5/h1-3H,7H2.